The molecule has 2 rings (SSSR count). The quantitative estimate of drug-likeness (QED) is 0.0114. The van der Waals surface area contributed by atoms with Crippen molar-refractivity contribution in [2.45, 2.75) is 139 Å². The topological polar surface area (TPSA) is 396 Å². The highest BCUT2D eigenvalue weighted by molar-refractivity contribution is 6.58. The first-order valence-electron chi connectivity index (χ1n) is 25.5. The average Bonchev–Trinajstić information content (AvgIpc) is 3.36. The van der Waals surface area contributed by atoms with Crippen molar-refractivity contribution in [1.82, 2.24) is 21.3 Å². The normalized spacial score (nSPS) is 13.5. The molecule has 0 heterocycles. The minimum absolute atomic E-state index is 0.118. The monoisotopic (exact) mass is 1060 g/mol. The lowest BCUT2D eigenvalue weighted by Gasteiger charge is -2.40. The number of carbonyl (C=O) groups excluding carboxylic acids is 7. The van der Waals surface area contributed by atoms with Crippen molar-refractivity contribution >= 4 is 65.3 Å². The van der Waals surface area contributed by atoms with Crippen LogP contribution in [0.1, 0.15) is 145 Å². The third-order valence-electron chi connectivity index (χ3n) is 13.3. The van der Waals surface area contributed by atoms with Crippen LogP contribution < -0.4 is 43.1 Å². The number of nitrogens with two attached hydrogens (primary N) is 1. The van der Waals surface area contributed by atoms with E-state index in [-0.39, 0.29) is 72.4 Å². The molecule has 420 valence electrons. The standard InChI is InChI=1S/C28H45N7O6.C23H37BN6O5/c1-6-27(4,25(41)34-20-12-10-11-19(15-20)22(37)38)18-28(5,17-26(2,3)23(29)39)24(40)32-14-9-7-8-13-31-21(36)16-33-35-30;1-5-23(4,21(33)29-18-11-9-10-17(14-18)24(34)35)16-22(2,3)20(32)27-13-8-6-7-12-26-19(31)15-28-30-25/h10-12,15,22,37-38H,6-9,13-14,16-18H2,1-5H3,(H2,29,39)(H,31,36)(H,32,40)(H,34,41);9-11,14,34-35H,5-8,12-13,15-16H2,1-4H3,(H,26,31)(H,27,32)(H,29,33). The SMILES string of the molecule is CCC(C)(CC(C)(C)C(=O)NCCCCCNC(=O)CN=[N+]=[N-])C(=O)Nc1cccc(B(O)O)c1.CCC(C)(CC(C)(CC(C)(C)C(N)=O)C(=O)NCCCCCNC(=O)CN=[N+]=[N-])C(=O)Nc1cccc(C(O)O)c1. The summed E-state index contributed by atoms with van der Waals surface area (Å²) < 4.78 is 0. The Hall–Kier alpha value is -6.75. The summed E-state index contributed by atoms with van der Waals surface area (Å²) in [6, 6.07) is 12.6. The second-order valence-electron chi connectivity index (χ2n) is 21.1. The molecule has 12 N–H and O–H groups in total. The number of carbonyl (C=O) groups is 7. The van der Waals surface area contributed by atoms with Crippen molar-refractivity contribution < 1.29 is 53.8 Å². The van der Waals surface area contributed by atoms with E-state index in [0.29, 0.717) is 69.7 Å². The van der Waals surface area contributed by atoms with Crippen LogP contribution in [0.3, 0.4) is 0 Å². The van der Waals surface area contributed by atoms with Crippen LogP contribution >= 0.6 is 0 Å². The highest BCUT2D eigenvalue weighted by Gasteiger charge is 2.47. The van der Waals surface area contributed by atoms with Crippen LogP contribution in [0.4, 0.5) is 11.4 Å². The van der Waals surface area contributed by atoms with E-state index in [4.69, 9.17) is 16.8 Å². The van der Waals surface area contributed by atoms with Gasteiger partial charge >= 0.3 is 7.12 Å². The van der Waals surface area contributed by atoms with Crippen LogP contribution in [-0.4, -0.2) is 108 Å². The van der Waals surface area contributed by atoms with E-state index in [1.807, 2.05) is 34.6 Å². The van der Waals surface area contributed by atoms with Crippen molar-refractivity contribution in [2.24, 2.45) is 43.0 Å². The first-order chi connectivity index (χ1) is 35.5. The maximum atomic E-state index is 13.6. The molecule has 2 aromatic rings. The first-order valence-corrected chi connectivity index (χ1v) is 25.5. The van der Waals surface area contributed by atoms with Crippen LogP contribution in [0.5, 0.6) is 0 Å². The first kappa shape index (κ1) is 67.3. The summed E-state index contributed by atoms with van der Waals surface area (Å²) in [4.78, 5) is 93.1. The Bertz CT molecular complexity index is 2360. The van der Waals surface area contributed by atoms with Crippen molar-refractivity contribution in [3.05, 3.63) is 75.0 Å². The number of amides is 7. The molecule has 25 heteroatoms. The molecule has 0 radical (unpaired) electrons. The minimum Gasteiger partial charge on any atom is -0.423 e. The van der Waals surface area contributed by atoms with Crippen molar-refractivity contribution in [3.63, 3.8) is 0 Å². The summed E-state index contributed by atoms with van der Waals surface area (Å²) in [7, 11) is -1.63. The second-order valence-corrected chi connectivity index (χ2v) is 21.1. The number of unbranched alkanes of at least 4 members (excludes halogenated alkanes) is 4. The largest absolute Gasteiger partial charge is 0.488 e. The summed E-state index contributed by atoms with van der Waals surface area (Å²) >= 11 is 0. The minimum atomic E-state index is -1.68. The summed E-state index contributed by atoms with van der Waals surface area (Å²) in [5.74, 6) is -2.26. The molecule has 76 heavy (non-hydrogen) atoms. The van der Waals surface area contributed by atoms with E-state index in [1.165, 1.54) is 18.2 Å². The summed E-state index contributed by atoms with van der Waals surface area (Å²) in [5.41, 5.74) is 18.7. The molecule has 0 bridgehead atoms. The predicted octanol–water partition coefficient (Wildman–Crippen LogP) is 4.89. The molecule has 0 saturated heterocycles. The van der Waals surface area contributed by atoms with Gasteiger partial charge in [-0.2, -0.15) is 0 Å². The summed E-state index contributed by atoms with van der Waals surface area (Å²) in [6.07, 6.45) is 4.13. The highest BCUT2D eigenvalue weighted by atomic mass is 16.5. The number of hydrogen-bond donors (Lipinski definition) is 11. The molecule has 0 aliphatic heterocycles. The lowest BCUT2D eigenvalue weighted by molar-refractivity contribution is -0.140. The smallest absolute Gasteiger partial charge is 0.423 e. The molecule has 0 fully saturated rings. The van der Waals surface area contributed by atoms with Crippen molar-refractivity contribution in [1.29, 1.82) is 0 Å². The fourth-order valence-corrected chi connectivity index (χ4v) is 8.52. The average molecular weight is 1060 g/mol. The zero-order valence-corrected chi connectivity index (χ0v) is 45.7. The van der Waals surface area contributed by atoms with E-state index in [2.05, 4.69) is 52.0 Å². The van der Waals surface area contributed by atoms with Crippen molar-refractivity contribution in [3.8, 4) is 0 Å². The Morgan fingerprint density at radius 1 is 0.579 bits per heavy atom. The third kappa shape index (κ3) is 23.9. The van der Waals surface area contributed by atoms with Gasteiger partial charge in [-0.05, 0) is 111 Å². The van der Waals surface area contributed by atoms with Gasteiger partial charge in [0.05, 0.1) is 0 Å². The lowest BCUT2D eigenvalue weighted by atomic mass is 9.64. The zero-order chi connectivity index (χ0) is 57.8. The van der Waals surface area contributed by atoms with Gasteiger partial charge in [0.25, 0.3) is 0 Å². The molecule has 24 nitrogen and oxygen atoms in total. The van der Waals surface area contributed by atoms with Crippen LogP contribution in [0.25, 0.3) is 20.9 Å². The molecule has 0 saturated carbocycles. The van der Waals surface area contributed by atoms with Gasteiger partial charge in [0.2, 0.25) is 41.4 Å². The van der Waals surface area contributed by atoms with Crippen LogP contribution in [-0.2, 0) is 33.6 Å². The molecule has 0 aliphatic carbocycles. The van der Waals surface area contributed by atoms with E-state index in [1.54, 1.807) is 58.0 Å². The molecule has 0 spiro atoms. The van der Waals surface area contributed by atoms with Gasteiger partial charge in [0.1, 0.15) is 13.1 Å². The van der Waals surface area contributed by atoms with Gasteiger partial charge in [-0.3, -0.25) is 33.6 Å². The zero-order valence-electron chi connectivity index (χ0n) is 45.7. The van der Waals surface area contributed by atoms with Gasteiger partial charge in [-0.25, -0.2) is 0 Å². The number of azide groups is 2. The number of nitrogens with zero attached hydrogens (tertiary/aromatic N) is 6. The number of benzene rings is 2. The van der Waals surface area contributed by atoms with Gasteiger partial charge in [0.15, 0.2) is 6.29 Å². The number of nitrogens with one attached hydrogen (secondary N) is 6. The van der Waals surface area contributed by atoms with E-state index < -0.39 is 46.4 Å². The third-order valence-corrected chi connectivity index (χ3v) is 13.3. The predicted molar refractivity (Wildman–Crippen MR) is 290 cm³/mol. The molecular formula is C51H82BN13O11. The molecule has 3 atom stereocenters. The summed E-state index contributed by atoms with van der Waals surface area (Å²) in [6.45, 7) is 17.3. The molecule has 0 aliphatic rings. The van der Waals surface area contributed by atoms with Crippen LogP contribution in [0, 0.1) is 27.1 Å². The van der Waals surface area contributed by atoms with Gasteiger partial charge in [0, 0.05) is 80.0 Å². The number of aliphatic hydroxyl groups is 2. The Morgan fingerprint density at radius 2 is 1.00 bits per heavy atom. The lowest BCUT2D eigenvalue weighted by Crippen LogP contribution is -2.49. The Morgan fingerprint density at radius 3 is 1.43 bits per heavy atom. The number of aliphatic hydroxyl groups excluding tert-OH is 1. The number of primary amides is 1. The van der Waals surface area contributed by atoms with Crippen LogP contribution in [0.2, 0.25) is 0 Å². The van der Waals surface area contributed by atoms with Gasteiger partial charge in [-0.1, -0.05) is 96.8 Å². The van der Waals surface area contributed by atoms with Crippen LogP contribution in [0.15, 0.2) is 58.8 Å². The Balaban J connectivity index is 0.000000770. The molecule has 3 unspecified atom stereocenters. The number of hydrogen-bond acceptors (Lipinski definition) is 13. The maximum Gasteiger partial charge on any atom is 0.488 e. The fourth-order valence-electron chi connectivity index (χ4n) is 8.52. The highest BCUT2D eigenvalue weighted by Crippen LogP contribution is 2.45. The molecular weight excluding hydrogens is 981 g/mol. The van der Waals surface area contributed by atoms with Crippen molar-refractivity contribution in [2.75, 3.05) is 49.9 Å². The van der Waals surface area contributed by atoms with Gasteiger partial charge < -0.3 is 57.9 Å². The Labute approximate surface area is 446 Å². The summed E-state index contributed by atoms with van der Waals surface area (Å²) in [5, 5.41) is 60.9. The van der Waals surface area contributed by atoms with E-state index in [0.717, 1.165) is 25.7 Å². The number of anilines is 2. The van der Waals surface area contributed by atoms with E-state index in [9.17, 15) is 53.8 Å². The second kappa shape index (κ2) is 32.6. The molecule has 0 aromatic heterocycles. The van der Waals surface area contributed by atoms with Gasteiger partial charge in [-0.15, -0.1) is 0 Å². The maximum absolute atomic E-state index is 13.6. The Kier molecular flexibility index (Phi) is 28.9. The van der Waals surface area contributed by atoms with E-state index >= 15 is 0 Å². The molecule has 7 amide bonds. The molecule has 2 aromatic carbocycles. The fraction of sp³-hybridized carbons (Fsp3) is 0.627. The number of rotatable bonds is 33.